The van der Waals surface area contributed by atoms with Crippen LogP contribution in [-0.4, -0.2) is 6.54 Å². The molecule has 0 fully saturated rings. The first kappa shape index (κ1) is 12.5. The molecule has 3 heteroatoms. The fourth-order valence-electron chi connectivity index (χ4n) is 1.93. The lowest BCUT2D eigenvalue weighted by Crippen LogP contribution is -2.18. The first-order valence-electron chi connectivity index (χ1n) is 5.95. The minimum absolute atomic E-state index is 0.644. The summed E-state index contributed by atoms with van der Waals surface area (Å²) >= 11 is 6.23. The third-order valence-electron chi connectivity index (χ3n) is 2.81. The van der Waals surface area contributed by atoms with E-state index in [0.717, 1.165) is 40.2 Å². The highest BCUT2D eigenvalue weighted by molar-refractivity contribution is 6.35. The summed E-state index contributed by atoms with van der Waals surface area (Å²) in [5.41, 5.74) is 3.16. The first-order chi connectivity index (χ1) is 8.09. The van der Waals surface area contributed by atoms with E-state index >= 15 is 0 Å². The number of nitrogens with one attached hydrogen (secondary N) is 1. The number of hydrogen-bond acceptors (Lipinski definition) is 2. The number of aryl methyl sites for hydroxylation is 1. The molecule has 1 N–H and O–H groups in total. The molecular weight excluding hydrogens is 234 g/mol. The van der Waals surface area contributed by atoms with Crippen LogP contribution in [0.1, 0.15) is 25.0 Å². The van der Waals surface area contributed by atoms with Crippen molar-refractivity contribution in [2.75, 3.05) is 6.54 Å². The molecule has 2 aromatic rings. The zero-order chi connectivity index (χ0) is 12.4. The van der Waals surface area contributed by atoms with Crippen LogP contribution in [0.15, 0.2) is 22.8 Å². The van der Waals surface area contributed by atoms with Gasteiger partial charge >= 0.3 is 0 Å². The lowest BCUT2D eigenvalue weighted by Gasteiger charge is -2.06. The van der Waals surface area contributed by atoms with Gasteiger partial charge in [-0.05, 0) is 31.0 Å². The molecule has 0 unspecified atom stereocenters. The Morgan fingerprint density at radius 1 is 1.35 bits per heavy atom. The molecule has 0 spiro atoms. The third kappa shape index (κ3) is 2.64. The van der Waals surface area contributed by atoms with Crippen molar-refractivity contribution < 1.29 is 4.42 Å². The van der Waals surface area contributed by atoms with Gasteiger partial charge in [0.15, 0.2) is 0 Å². The largest absolute Gasteiger partial charge is 0.464 e. The Morgan fingerprint density at radius 2 is 2.12 bits per heavy atom. The van der Waals surface area contributed by atoms with Gasteiger partial charge in [-0.1, -0.05) is 31.5 Å². The van der Waals surface area contributed by atoms with E-state index in [0.29, 0.717) is 5.92 Å². The minimum atomic E-state index is 0.644. The molecule has 0 aliphatic carbocycles. The highest BCUT2D eigenvalue weighted by Gasteiger charge is 2.11. The first-order valence-corrected chi connectivity index (χ1v) is 6.33. The van der Waals surface area contributed by atoms with Crippen LogP contribution in [0.3, 0.4) is 0 Å². The normalized spacial score (nSPS) is 11.6. The van der Waals surface area contributed by atoms with Crippen LogP contribution < -0.4 is 5.32 Å². The molecule has 0 atom stereocenters. The number of fused-ring (bicyclic) bond motifs is 1. The summed E-state index contributed by atoms with van der Waals surface area (Å²) in [6.07, 6.45) is 1.80. The number of hydrogen-bond donors (Lipinski definition) is 1. The van der Waals surface area contributed by atoms with Crippen molar-refractivity contribution >= 4 is 22.6 Å². The number of rotatable bonds is 4. The van der Waals surface area contributed by atoms with Crippen molar-refractivity contribution in [1.82, 2.24) is 5.32 Å². The van der Waals surface area contributed by atoms with Crippen molar-refractivity contribution in [2.45, 2.75) is 27.3 Å². The van der Waals surface area contributed by atoms with E-state index in [2.05, 4.69) is 19.2 Å². The second-order valence-electron chi connectivity index (χ2n) is 4.85. The summed E-state index contributed by atoms with van der Waals surface area (Å²) < 4.78 is 5.59. The second kappa shape index (κ2) is 5.11. The third-order valence-corrected chi connectivity index (χ3v) is 3.13. The van der Waals surface area contributed by atoms with Gasteiger partial charge in [0.05, 0.1) is 11.3 Å². The average molecular weight is 252 g/mol. The molecule has 2 nitrogen and oxygen atoms in total. The summed E-state index contributed by atoms with van der Waals surface area (Å²) in [7, 11) is 0. The fourth-order valence-corrected chi connectivity index (χ4v) is 2.20. The van der Waals surface area contributed by atoms with Crippen LogP contribution in [0.25, 0.3) is 11.0 Å². The zero-order valence-corrected chi connectivity index (χ0v) is 11.3. The van der Waals surface area contributed by atoms with E-state index in [4.69, 9.17) is 16.0 Å². The molecule has 92 valence electrons. The highest BCUT2D eigenvalue weighted by Crippen LogP contribution is 2.30. The summed E-state index contributed by atoms with van der Waals surface area (Å²) in [5, 5.41) is 5.22. The van der Waals surface area contributed by atoms with Crippen LogP contribution in [-0.2, 0) is 6.54 Å². The van der Waals surface area contributed by atoms with Gasteiger partial charge in [0.25, 0.3) is 0 Å². The van der Waals surface area contributed by atoms with Crippen molar-refractivity contribution in [1.29, 1.82) is 0 Å². The minimum Gasteiger partial charge on any atom is -0.464 e. The molecule has 0 amide bonds. The summed E-state index contributed by atoms with van der Waals surface area (Å²) in [5.74, 6) is 0.644. The lowest BCUT2D eigenvalue weighted by atomic mass is 10.1. The molecular formula is C14H18ClNO. The number of halogens is 1. The van der Waals surface area contributed by atoms with Crippen molar-refractivity contribution in [3.63, 3.8) is 0 Å². The fraction of sp³-hybridized carbons (Fsp3) is 0.429. The summed E-state index contributed by atoms with van der Waals surface area (Å²) in [4.78, 5) is 0. The quantitative estimate of drug-likeness (QED) is 0.884. The van der Waals surface area contributed by atoms with Gasteiger partial charge in [-0.3, -0.25) is 0 Å². The maximum atomic E-state index is 6.23. The maximum Gasteiger partial charge on any atom is 0.138 e. The SMILES string of the molecule is Cc1ccc(Cl)c2c(CNCC(C)C)coc12. The molecule has 2 rings (SSSR count). The average Bonchev–Trinajstić information content (AvgIpc) is 2.68. The Hall–Kier alpha value is -0.990. The molecule has 0 saturated heterocycles. The molecule has 0 saturated carbocycles. The van der Waals surface area contributed by atoms with E-state index < -0.39 is 0 Å². The summed E-state index contributed by atoms with van der Waals surface area (Å²) in [6.45, 7) is 8.22. The topological polar surface area (TPSA) is 25.2 Å². The van der Waals surface area contributed by atoms with Gasteiger partial charge in [0.1, 0.15) is 5.58 Å². The Kier molecular flexibility index (Phi) is 3.75. The molecule has 0 bridgehead atoms. The molecule has 17 heavy (non-hydrogen) atoms. The van der Waals surface area contributed by atoms with Crippen LogP contribution in [0.2, 0.25) is 5.02 Å². The van der Waals surface area contributed by atoms with Crippen LogP contribution in [0.5, 0.6) is 0 Å². The van der Waals surface area contributed by atoms with Gasteiger partial charge in [-0.2, -0.15) is 0 Å². The Morgan fingerprint density at radius 3 is 2.82 bits per heavy atom. The Labute approximate surface area is 107 Å². The van der Waals surface area contributed by atoms with Gasteiger partial charge in [-0.25, -0.2) is 0 Å². The van der Waals surface area contributed by atoms with E-state index in [1.807, 2.05) is 19.1 Å². The predicted octanol–water partition coefficient (Wildman–Crippen LogP) is 4.14. The van der Waals surface area contributed by atoms with Crippen molar-refractivity contribution in [3.8, 4) is 0 Å². The van der Waals surface area contributed by atoms with E-state index in [9.17, 15) is 0 Å². The second-order valence-corrected chi connectivity index (χ2v) is 5.26. The van der Waals surface area contributed by atoms with Crippen molar-refractivity contribution in [3.05, 3.63) is 34.5 Å². The smallest absolute Gasteiger partial charge is 0.138 e. The molecule has 0 aliphatic heterocycles. The Bertz CT molecular complexity index is 516. The van der Waals surface area contributed by atoms with Gasteiger partial charge in [-0.15, -0.1) is 0 Å². The van der Waals surface area contributed by atoms with Crippen LogP contribution >= 0.6 is 11.6 Å². The molecule has 0 aliphatic rings. The lowest BCUT2D eigenvalue weighted by molar-refractivity contribution is 0.546. The Balaban J connectivity index is 2.26. The number of furan rings is 1. The maximum absolute atomic E-state index is 6.23. The predicted molar refractivity (Wildman–Crippen MR) is 72.5 cm³/mol. The van der Waals surface area contributed by atoms with E-state index in [-0.39, 0.29) is 0 Å². The summed E-state index contributed by atoms with van der Waals surface area (Å²) in [6, 6.07) is 3.92. The van der Waals surface area contributed by atoms with E-state index in [1.165, 1.54) is 0 Å². The monoisotopic (exact) mass is 251 g/mol. The van der Waals surface area contributed by atoms with Crippen LogP contribution in [0.4, 0.5) is 0 Å². The van der Waals surface area contributed by atoms with E-state index in [1.54, 1.807) is 6.26 Å². The standard InChI is InChI=1S/C14H18ClNO/c1-9(2)6-16-7-11-8-17-14-10(3)4-5-12(15)13(11)14/h4-5,8-9,16H,6-7H2,1-3H3. The molecule has 1 heterocycles. The number of benzene rings is 1. The molecule has 1 aromatic carbocycles. The van der Waals surface area contributed by atoms with Gasteiger partial charge in [0.2, 0.25) is 0 Å². The molecule has 0 radical (unpaired) electrons. The van der Waals surface area contributed by atoms with Gasteiger partial charge < -0.3 is 9.73 Å². The van der Waals surface area contributed by atoms with Crippen LogP contribution in [0, 0.1) is 12.8 Å². The zero-order valence-electron chi connectivity index (χ0n) is 10.5. The van der Waals surface area contributed by atoms with Gasteiger partial charge in [0, 0.05) is 17.5 Å². The molecule has 1 aromatic heterocycles. The van der Waals surface area contributed by atoms with Crippen molar-refractivity contribution in [2.24, 2.45) is 5.92 Å². The highest BCUT2D eigenvalue weighted by atomic mass is 35.5.